The minimum absolute atomic E-state index is 0.0514. The second-order valence-corrected chi connectivity index (χ2v) is 6.91. The standard InChI is InChI=1S/C18H23N3O4/c1-12-7-14(20-25-12)10-21-5-4-13-8-16(24-17(13)11-21)18(22)19-9-15-3-2-6-23-15/h2-3,6-7,13,16-17H,4-5,8-11H2,1H3,(H,19,22)/t13-,16+,17+/m1/s1. The predicted octanol–water partition coefficient (Wildman–Crippen LogP) is 1.87. The fourth-order valence-corrected chi connectivity index (χ4v) is 3.73. The normalized spacial score (nSPS) is 26.5. The van der Waals surface area contributed by atoms with Crippen molar-refractivity contribution >= 4 is 5.91 Å². The fraction of sp³-hybridized carbons (Fsp3) is 0.556. The van der Waals surface area contributed by atoms with Gasteiger partial charge in [-0.25, -0.2) is 0 Å². The van der Waals surface area contributed by atoms with Gasteiger partial charge in [0.05, 0.1) is 24.6 Å². The van der Waals surface area contributed by atoms with Crippen molar-refractivity contribution in [3.63, 3.8) is 0 Å². The third-order valence-corrected chi connectivity index (χ3v) is 5.01. The van der Waals surface area contributed by atoms with Crippen LogP contribution in [-0.4, -0.2) is 41.3 Å². The summed E-state index contributed by atoms with van der Waals surface area (Å²) in [7, 11) is 0. The van der Waals surface area contributed by atoms with Crippen molar-refractivity contribution in [1.82, 2.24) is 15.4 Å². The highest BCUT2D eigenvalue weighted by Gasteiger charge is 2.41. The molecule has 2 fully saturated rings. The molecule has 1 N–H and O–H groups in total. The molecule has 2 aromatic rings. The molecular formula is C18H23N3O4. The number of carbonyl (C=O) groups is 1. The van der Waals surface area contributed by atoms with Crippen LogP contribution in [0, 0.1) is 12.8 Å². The molecule has 2 aliphatic heterocycles. The highest BCUT2D eigenvalue weighted by Crippen LogP contribution is 2.33. The lowest BCUT2D eigenvalue weighted by molar-refractivity contribution is -0.133. The maximum absolute atomic E-state index is 12.3. The molecule has 7 heteroatoms. The van der Waals surface area contributed by atoms with E-state index in [9.17, 15) is 4.79 Å². The smallest absolute Gasteiger partial charge is 0.249 e. The molecule has 134 valence electrons. The number of likely N-dealkylation sites (tertiary alicyclic amines) is 1. The Morgan fingerprint density at radius 3 is 3.16 bits per heavy atom. The first kappa shape index (κ1) is 16.4. The molecule has 2 aromatic heterocycles. The van der Waals surface area contributed by atoms with Crippen molar-refractivity contribution in [1.29, 1.82) is 0 Å². The van der Waals surface area contributed by atoms with E-state index in [0.717, 1.165) is 49.7 Å². The molecule has 0 aliphatic carbocycles. The van der Waals surface area contributed by atoms with Crippen LogP contribution in [0.25, 0.3) is 0 Å². The SMILES string of the molecule is Cc1cc(CN2CC[C@@H]3C[C@@H](C(=O)NCc4ccco4)O[C@H]3C2)no1. The Morgan fingerprint density at radius 1 is 1.48 bits per heavy atom. The molecule has 7 nitrogen and oxygen atoms in total. The van der Waals surface area contributed by atoms with Crippen LogP contribution in [0.3, 0.4) is 0 Å². The molecule has 0 bridgehead atoms. The average molecular weight is 345 g/mol. The fourth-order valence-electron chi connectivity index (χ4n) is 3.73. The second kappa shape index (κ2) is 7.01. The van der Waals surface area contributed by atoms with Crippen molar-refractivity contribution in [2.45, 2.75) is 45.1 Å². The van der Waals surface area contributed by atoms with E-state index < -0.39 is 0 Å². The molecule has 3 atom stereocenters. The lowest BCUT2D eigenvalue weighted by atomic mass is 9.91. The lowest BCUT2D eigenvalue weighted by Crippen LogP contribution is -2.42. The van der Waals surface area contributed by atoms with Gasteiger partial charge in [0.15, 0.2) is 0 Å². The monoisotopic (exact) mass is 345 g/mol. The molecule has 0 saturated carbocycles. The maximum atomic E-state index is 12.3. The number of piperidine rings is 1. The first-order valence-electron chi connectivity index (χ1n) is 8.77. The first-order valence-corrected chi connectivity index (χ1v) is 8.77. The third kappa shape index (κ3) is 3.77. The summed E-state index contributed by atoms with van der Waals surface area (Å²) < 4.78 is 16.4. The number of aromatic nitrogens is 1. The zero-order valence-electron chi connectivity index (χ0n) is 14.3. The third-order valence-electron chi connectivity index (χ3n) is 5.01. The van der Waals surface area contributed by atoms with Crippen molar-refractivity contribution < 1.29 is 18.5 Å². The summed E-state index contributed by atoms with van der Waals surface area (Å²) in [5.41, 5.74) is 0.946. The number of hydrogen-bond acceptors (Lipinski definition) is 6. The minimum Gasteiger partial charge on any atom is -0.467 e. The van der Waals surface area contributed by atoms with Crippen molar-refractivity contribution in [2.24, 2.45) is 5.92 Å². The van der Waals surface area contributed by atoms with E-state index in [1.807, 2.05) is 25.1 Å². The van der Waals surface area contributed by atoms with Gasteiger partial charge in [-0.05, 0) is 44.4 Å². The summed E-state index contributed by atoms with van der Waals surface area (Å²) in [5.74, 6) is 1.98. The van der Waals surface area contributed by atoms with E-state index in [2.05, 4.69) is 15.4 Å². The van der Waals surface area contributed by atoms with E-state index in [0.29, 0.717) is 12.5 Å². The zero-order valence-corrected chi connectivity index (χ0v) is 14.3. The van der Waals surface area contributed by atoms with Crippen LogP contribution >= 0.6 is 0 Å². The van der Waals surface area contributed by atoms with E-state index in [4.69, 9.17) is 13.7 Å². The predicted molar refractivity (Wildman–Crippen MR) is 88.5 cm³/mol. The van der Waals surface area contributed by atoms with Gasteiger partial charge in [-0.3, -0.25) is 9.69 Å². The second-order valence-electron chi connectivity index (χ2n) is 6.91. The van der Waals surface area contributed by atoms with Gasteiger partial charge in [0.1, 0.15) is 17.6 Å². The van der Waals surface area contributed by atoms with Crippen LogP contribution in [0.1, 0.15) is 30.1 Å². The minimum atomic E-state index is -0.362. The Morgan fingerprint density at radius 2 is 2.40 bits per heavy atom. The van der Waals surface area contributed by atoms with Gasteiger partial charge in [-0.1, -0.05) is 5.16 Å². The summed E-state index contributed by atoms with van der Waals surface area (Å²) in [5, 5.41) is 6.95. The Labute approximate surface area is 146 Å². The van der Waals surface area contributed by atoms with Crippen LogP contribution in [0.5, 0.6) is 0 Å². The molecule has 25 heavy (non-hydrogen) atoms. The molecular weight excluding hydrogens is 322 g/mol. The van der Waals surface area contributed by atoms with Gasteiger partial charge in [-0.15, -0.1) is 0 Å². The number of furan rings is 1. The van der Waals surface area contributed by atoms with Crippen LogP contribution in [0.2, 0.25) is 0 Å². The van der Waals surface area contributed by atoms with Crippen LogP contribution < -0.4 is 5.32 Å². The highest BCUT2D eigenvalue weighted by molar-refractivity contribution is 5.81. The number of fused-ring (bicyclic) bond motifs is 1. The Hall–Kier alpha value is -2.12. The van der Waals surface area contributed by atoms with E-state index in [-0.39, 0.29) is 18.1 Å². The van der Waals surface area contributed by atoms with Gasteiger partial charge in [-0.2, -0.15) is 0 Å². The molecule has 0 spiro atoms. The first-order chi connectivity index (χ1) is 12.2. The number of hydrogen-bond donors (Lipinski definition) is 1. The van der Waals surface area contributed by atoms with Gasteiger partial charge < -0.3 is 19.0 Å². The van der Waals surface area contributed by atoms with E-state index in [1.54, 1.807) is 6.26 Å². The van der Waals surface area contributed by atoms with Crippen LogP contribution in [-0.2, 0) is 22.6 Å². The summed E-state index contributed by atoms with van der Waals surface area (Å²) in [6.07, 6.45) is 3.20. The summed E-state index contributed by atoms with van der Waals surface area (Å²) in [6.45, 7) is 4.89. The Kier molecular flexibility index (Phi) is 4.59. The Bertz CT molecular complexity index is 712. The number of ether oxygens (including phenoxy) is 1. The molecule has 0 radical (unpaired) electrons. The van der Waals surface area contributed by atoms with Crippen molar-refractivity contribution in [3.8, 4) is 0 Å². The van der Waals surface area contributed by atoms with Gasteiger partial charge in [0.25, 0.3) is 0 Å². The molecule has 1 amide bonds. The molecule has 2 saturated heterocycles. The van der Waals surface area contributed by atoms with Gasteiger partial charge in [0, 0.05) is 19.2 Å². The average Bonchev–Trinajstić information content (AvgIpc) is 3.33. The van der Waals surface area contributed by atoms with Crippen LogP contribution in [0.4, 0.5) is 0 Å². The zero-order chi connectivity index (χ0) is 17.2. The van der Waals surface area contributed by atoms with Crippen molar-refractivity contribution in [3.05, 3.63) is 41.7 Å². The van der Waals surface area contributed by atoms with E-state index in [1.165, 1.54) is 0 Å². The van der Waals surface area contributed by atoms with Crippen LogP contribution in [0.15, 0.2) is 33.4 Å². The summed E-state index contributed by atoms with van der Waals surface area (Å²) >= 11 is 0. The highest BCUT2D eigenvalue weighted by atomic mass is 16.5. The lowest BCUT2D eigenvalue weighted by Gasteiger charge is -2.33. The number of nitrogens with one attached hydrogen (secondary N) is 1. The summed E-state index contributed by atoms with van der Waals surface area (Å²) in [6, 6.07) is 5.62. The molecule has 4 heterocycles. The van der Waals surface area contributed by atoms with Crippen molar-refractivity contribution in [2.75, 3.05) is 13.1 Å². The number of carbonyl (C=O) groups excluding carboxylic acids is 1. The largest absolute Gasteiger partial charge is 0.467 e. The summed E-state index contributed by atoms with van der Waals surface area (Å²) in [4.78, 5) is 14.7. The molecule has 0 aromatic carbocycles. The molecule has 0 unspecified atom stereocenters. The Balaban J connectivity index is 1.28. The molecule has 2 aliphatic rings. The van der Waals surface area contributed by atoms with Gasteiger partial charge >= 0.3 is 0 Å². The number of amides is 1. The molecule has 4 rings (SSSR count). The number of rotatable bonds is 5. The number of nitrogens with zero attached hydrogens (tertiary/aromatic N) is 2. The quantitative estimate of drug-likeness (QED) is 0.891. The number of aryl methyl sites for hydroxylation is 1. The van der Waals surface area contributed by atoms with E-state index >= 15 is 0 Å². The topological polar surface area (TPSA) is 80.7 Å². The van der Waals surface area contributed by atoms with Gasteiger partial charge in [0.2, 0.25) is 5.91 Å². The maximum Gasteiger partial charge on any atom is 0.249 e.